The van der Waals surface area contributed by atoms with Gasteiger partial charge in [-0.25, -0.2) is 9.37 Å². The number of aromatic nitrogens is 1. The van der Waals surface area contributed by atoms with Crippen molar-refractivity contribution in [1.82, 2.24) is 9.88 Å². The van der Waals surface area contributed by atoms with E-state index in [1.807, 2.05) is 6.92 Å². The highest BCUT2D eigenvalue weighted by atomic mass is 19.1. The summed E-state index contributed by atoms with van der Waals surface area (Å²) in [6, 6.07) is 4.59. The molecular formula is C21H27FN2O3. The lowest BCUT2D eigenvalue weighted by molar-refractivity contribution is 0.0684. The maximum atomic E-state index is 14.3. The van der Waals surface area contributed by atoms with Crippen LogP contribution < -0.4 is 4.74 Å². The summed E-state index contributed by atoms with van der Waals surface area (Å²) in [5.74, 6) is 2.05. The van der Waals surface area contributed by atoms with Crippen LogP contribution in [0, 0.1) is 18.7 Å². The lowest BCUT2D eigenvalue weighted by atomic mass is 10.2. The number of halogens is 1. The minimum Gasteiger partial charge on any atom is -0.497 e. The van der Waals surface area contributed by atoms with Gasteiger partial charge < -0.3 is 13.9 Å². The first-order chi connectivity index (χ1) is 13.1. The molecule has 1 aromatic heterocycles. The molecule has 0 spiro atoms. The number of hydrogen-bond donors (Lipinski definition) is 0. The Hall–Kier alpha value is -1.92. The lowest BCUT2D eigenvalue weighted by Gasteiger charge is -2.24. The monoisotopic (exact) mass is 374 g/mol. The average molecular weight is 374 g/mol. The Labute approximate surface area is 159 Å². The van der Waals surface area contributed by atoms with Gasteiger partial charge in [-0.1, -0.05) is 0 Å². The van der Waals surface area contributed by atoms with Crippen molar-refractivity contribution in [3.63, 3.8) is 0 Å². The molecule has 2 fully saturated rings. The van der Waals surface area contributed by atoms with Gasteiger partial charge >= 0.3 is 0 Å². The molecular weight excluding hydrogens is 347 g/mol. The molecule has 1 unspecified atom stereocenters. The van der Waals surface area contributed by atoms with Crippen molar-refractivity contribution in [3.8, 4) is 17.2 Å². The zero-order valence-corrected chi connectivity index (χ0v) is 16.0. The zero-order chi connectivity index (χ0) is 18.8. The predicted octanol–water partition coefficient (Wildman–Crippen LogP) is 4.19. The van der Waals surface area contributed by atoms with Crippen LogP contribution in [0.3, 0.4) is 0 Å². The van der Waals surface area contributed by atoms with Crippen LogP contribution in [0.15, 0.2) is 22.6 Å². The number of aryl methyl sites for hydroxylation is 1. The van der Waals surface area contributed by atoms with Crippen molar-refractivity contribution in [3.05, 3.63) is 35.5 Å². The molecule has 1 atom stereocenters. The molecule has 0 N–H and O–H groups in total. The maximum absolute atomic E-state index is 14.3. The second kappa shape index (κ2) is 7.98. The van der Waals surface area contributed by atoms with Crippen LogP contribution in [0.1, 0.15) is 37.1 Å². The van der Waals surface area contributed by atoms with E-state index in [0.29, 0.717) is 29.9 Å². The van der Waals surface area contributed by atoms with Gasteiger partial charge in [0.15, 0.2) is 0 Å². The summed E-state index contributed by atoms with van der Waals surface area (Å²) in [6.07, 6.45) is 5.19. The molecule has 2 aromatic rings. The number of rotatable bonds is 8. The fourth-order valence-electron chi connectivity index (χ4n) is 3.64. The fraction of sp³-hybridized carbons (Fsp3) is 0.571. The molecule has 1 aliphatic carbocycles. The van der Waals surface area contributed by atoms with Crippen LogP contribution in [0.2, 0.25) is 0 Å². The Bertz CT molecular complexity index is 782. The van der Waals surface area contributed by atoms with Crippen LogP contribution in [-0.2, 0) is 11.3 Å². The quantitative estimate of drug-likeness (QED) is 0.693. The Morgan fingerprint density at radius 2 is 2.11 bits per heavy atom. The van der Waals surface area contributed by atoms with Gasteiger partial charge in [-0.05, 0) is 56.7 Å². The summed E-state index contributed by atoms with van der Waals surface area (Å²) in [7, 11) is 1.56. The molecule has 4 rings (SSSR count). The zero-order valence-electron chi connectivity index (χ0n) is 16.0. The smallest absolute Gasteiger partial charge is 0.229 e. The van der Waals surface area contributed by atoms with E-state index in [9.17, 15) is 4.39 Å². The summed E-state index contributed by atoms with van der Waals surface area (Å²) in [5, 5.41) is 0. The fourth-order valence-corrected chi connectivity index (χ4v) is 3.64. The highest BCUT2D eigenvalue weighted by molar-refractivity contribution is 5.57. The van der Waals surface area contributed by atoms with Gasteiger partial charge in [-0.2, -0.15) is 0 Å². The number of nitrogens with zero attached hydrogens (tertiary/aromatic N) is 2. The van der Waals surface area contributed by atoms with E-state index in [1.54, 1.807) is 19.2 Å². The number of hydrogen-bond acceptors (Lipinski definition) is 5. The van der Waals surface area contributed by atoms with E-state index in [0.717, 1.165) is 49.9 Å². The van der Waals surface area contributed by atoms with Crippen molar-refractivity contribution >= 4 is 0 Å². The third-order valence-electron chi connectivity index (χ3n) is 5.37. The number of benzene rings is 1. The third kappa shape index (κ3) is 4.50. The van der Waals surface area contributed by atoms with E-state index < -0.39 is 0 Å². The largest absolute Gasteiger partial charge is 0.497 e. The second-order valence-electron chi connectivity index (χ2n) is 7.64. The highest BCUT2D eigenvalue weighted by Crippen LogP contribution is 2.32. The normalized spacial score (nSPS) is 19.8. The summed E-state index contributed by atoms with van der Waals surface area (Å²) >= 11 is 0. The number of ether oxygens (including phenoxy) is 2. The van der Waals surface area contributed by atoms with Gasteiger partial charge in [0.1, 0.15) is 17.3 Å². The molecule has 1 saturated carbocycles. The SMILES string of the molecule is COc1ccc(F)c(-c2nc(CN(CC3CC3)CC3CCCO3)c(C)o2)c1. The van der Waals surface area contributed by atoms with Gasteiger partial charge in [0.2, 0.25) is 5.89 Å². The van der Waals surface area contributed by atoms with E-state index in [2.05, 4.69) is 9.88 Å². The molecule has 2 aliphatic rings. The molecule has 1 saturated heterocycles. The first-order valence-electron chi connectivity index (χ1n) is 9.76. The van der Waals surface area contributed by atoms with E-state index in [1.165, 1.54) is 18.9 Å². The van der Waals surface area contributed by atoms with E-state index in [4.69, 9.17) is 13.9 Å². The third-order valence-corrected chi connectivity index (χ3v) is 5.37. The van der Waals surface area contributed by atoms with E-state index >= 15 is 0 Å². The summed E-state index contributed by atoms with van der Waals surface area (Å²) in [4.78, 5) is 7.03. The second-order valence-corrected chi connectivity index (χ2v) is 7.64. The van der Waals surface area contributed by atoms with Gasteiger partial charge in [-0.3, -0.25) is 4.90 Å². The predicted molar refractivity (Wildman–Crippen MR) is 100 cm³/mol. The Morgan fingerprint density at radius 1 is 1.26 bits per heavy atom. The van der Waals surface area contributed by atoms with E-state index in [-0.39, 0.29) is 5.82 Å². The molecule has 146 valence electrons. The van der Waals surface area contributed by atoms with Gasteiger partial charge in [0.25, 0.3) is 0 Å². The molecule has 0 radical (unpaired) electrons. The molecule has 5 nitrogen and oxygen atoms in total. The van der Waals surface area contributed by atoms with Gasteiger partial charge in [0, 0.05) is 26.2 Å². The summed E-state index contributed by atoms with van der Waals surface area (Å²) < 4.78 is 31.1. The topological polar surface area (TPSA) is 47.7 Å². The first-order valence-corrected chi connectivity index (χ1v) is 9.76. The number of oxazole rings is 1. The maximum Gasteiger partial charge on any atom is 0.229 e. The average Bonchev–Trinajstić information content (AvgIpc) is 3.18. The van der Waals surface area contributed by atoms with Crippen LogP contribution >= 0.6 is 0 Å². The Morgan fingerprint density at radius 3 is 2.81 bits per heavy atom. The standard InChI is InChI=1S/C21H27FN2O3/c1-14-20(13-24(11-15-5-6-15)12-17-4-3-9-26-17)23-21(27-14)18-10-16(25-2)7-8-19(18)22/h7-8,10,15,17H,3-6,9,11-13H2,1-2H3. The highest BCUT2D eigenvalue weighted by Gasteiger charge is 2.28. The molecule has 1 aliphatic heterocycles. The molecule has 2 heterocycles. The molecule has 1 aromatic carbocycles. The van der Waals surface area contributed by atoms with Crippen LogP contribution in [0.4, 0.5) is 4.39 Å². The van der Waals surface area contributed by atoms with Gasteiger partial charge in [0.05, 0.1) is 24.5 Å². The first kappa shape index (κ1) is 18.4. The Balaban J connectivity index is 1.52. The molecule has 0 bridgehead atoms. The van der Waals surface area contributed by atoms with Crippen molar-refractivity contribution in [2.45, 2.75) is 45.3 Å². The molecule has 6 heteroatoms. The number of methoxy groups -OCH3 is 1. The Kier molecular flexibility index (Phi) is 5.45. The van der Waals surface area contributed by atoms with Crippen LogP contribution in [0.5, 0.6) is 5.75 Å². The molecule has 0 amide bonds. The summed E-state index contributed by atoms with van der Waals surface area (Å²) in [5.41, 5.74) is 1.20. The van der Waals surface area contributed by atoms with Gasteiger partial charge in [-0.15, -0.1) is 0 Å². The van der Waals surface area contributed by atoms with Crippen molar-refractivity contribution in [2.75, 3.05) is 26.8 Å². The van der Waals surface area contributed by atoms with Crippen LogP contribution in [0.25, 0.3) is 11.5 Å². The molecule has 27 heavy (non-hydrogen) atoms. The van der Waals surface area contributed by atoms with Crippen molar-refractivity contribution < 1.29 is 18.3 Å². The minimum atomic E-state index is -0.363. The van der Waals surface area contributed by atoms with Crippen molar-refractivity contribution in [2.24, 2.45) is 5.92 Å². The minimum absolute atomic E-state index is 0.308. The van der Waals surface area contributed by atoms with Crippen LogP contribution in [-0.4, -0.2) is 42.8 Å². The lowest BCUT2D eigenvalue weighted by Crippen LogP contribution is -2.33. The summed E-state index contributed by atoms with van der Waals surface area (Å²) in [6.45, 7) is 5.45. The van der Waals surface area contributed by atoms with Crippen molar-refractivity contribution in [1.29, 1.82) is 0 Å².